The fraction of sp³-hybridized carbons (Fsp3) is 0.286. The Morgan fingerprint density at radius 3 is 2.94 bits per heavy atom. The van der Waals surface area contributed by atoms with Crippen molar-refractivity contribution >= 4 is 16.9 Å². The third kappa shape index (κ3) is 1.53. The Kier molecular flexibility index (Phi) is 2.44. The summed E-state index contributed by atoms with van der Waals surface area (Å²) < 4.78 is 9.86. The minimum absolute atomic E-state index is 0.0528. The number of hydrogen-bond donors (Lipinski definition) is 0. The molecule has 0 amide bonds. The van der Waals surface area contributed by atoms with E-state index in [0.29, 0.717) is 5.58 Å². The van der Waals surface area contributed by atoms with E-state index in [-0.39, 0.29) is 5.56 Å². The number of esters is 1. The highest BCUT2D eigenvalue weighted by Crippen LogP contribution is 2.29. The molecule has 0 saturated heterocycles. The van der Waals surface area contributed by atoms with Gasteiger partial charge in [0.25, 0.3) is 0 Å². The first-order chi connectivity index (χ1) is 8.70. The molecule has 4 heteroatoms. The Labute approximate surface area is 103 Å². The maximum Gasteiger partial charge on any atom is 0.351 e. The lowest BCUT2D eigenvalue weighted by Gasteiger charge is -2.05. The highest BCUT2D eigenvalue weighted by Gasteiger charge is 2.19. The molecule has 1 aromatic carbocycles. The molecule has 3 rings (SSSR count). The van der Waals surface area contributed by atoms with E-state index in [2.05, 4.69) is 4.74 Å². The van der Waals surface area contributed by atoms with Gasteiger partial charge in [-0.1, -0.05) is 12.1 Å². The van der Waals surface area contributed by atoms with Crippen LogP contribution >= 0.6 is 0 Å². The van der Waals surface area contributed by atoms with Gasteiger partial charge in [-0.15, -0.1) is 0 Å². The Morgan fingerprint density at radius 2 is 2.17 bits per heavy atom. The van der Waals surface area contributed by atoms with E-state index in [9.17, 15) is 9.59 Å². The van der Waals surface area contributed by atoms with Gasteiger partial charge in [-0.2, -0.15) is 0 Å². The van der Waals surface area contributed by atoms with Crippen molar-refractivity contribution in [1.29, 1.82) is 0 Å². The maximum absolute atomic E-state index is 11.8. The Bertz CT molecular complexity index is 697. The molecule has 1 aliphatic rings. The van der Waals surface area contributed by atoms with Gasteiger partial charge in [0.2, 0.25) is 0 Å². The molecular weight excluding hydrogens is 232 g/mol. The van der Waals surface area contributed by atoms with Crippen molar-refractivity contribution in [1.82, 2.24) is 0 Å². The molecule has 2 aromatic rings. The predicted octanol–water partition coefficient (Wildman–Crippen LogP) is 2.07. The van der Waals surface area contributed by atoms with Gasteiger partial charge in [-0.05, 0) is 36.5 Å². The zero-order chi connectivity index (χ0) is 12.7. The van der Waals surface area contributed by atoms with Crippen LogP contribution in [0.25, 0.3) is 11.0 Å². The largest absolute Gasteiger partial charge is 0.465 e. The molecule has 0 N–H and O–H groups in total. The van der Waals surface area contributed by atoms with Crippen molar-refractivity contribution in [2.45, 2.75) is 19.3 Å². The van der Waals surface area contributed by atoms with Gasteiger partial charge in [-0.3, -0.25) is 0 Å². The van der Waals surface area contributed by atoms with Gasteiger partial charge >= 0.3 is 11.6 Å². The number of carbonyl (C=O) groups excluding carboxylic acids is 1. The standard InChI is InChI=1S/C14H12O4/c1-17-13(15)11-7-9-6-5-8-3-2-4-10(8)12(9)18-14(11)16/h5-7H,2-4H2,1H3. The van der Waals surface area contributed by atoms with E-state index < -0.39 is 11.6 Å². The van der Waals surface area contributed by atoms with Crippen LogP contribution in [0.3, 0.4) is 0 Å². The minimum Gasteiger partial charge on any atom is -0.465 e. The van der Waals surface area contributed by atoms with Crippen molar-refractivity contribution < 1.29 is 13.9 Å². The average molecular weight is 244 g/mol. The first-order valence-corrected chi connectivity index (χ1v) is 5.87. The highest BCUT2D eigenvalue weighted by molar-refractivity contribution is 5.93. The van der Waals surface area contributed by atoms with E-state index in [0.717, 1.165) is 30.2 Å². The fourth-order valence-corrected chi connectivity index (χ4v) is 2.50. The van der Waals surface area contributed by atoms with Crippen LogP contribution in [0.15, 0.2) is 27.4 Å². The third-order valence-electron chi connectivity index (χ3n) is 3.38. The Morgan fingerprint density at radius 1 is 1.33 bits per heavy atom. The summed E-state index contributed by atoms with van der Waals surface area (Å²) in [6, 6.07) is 5.46. The van der Waals surface area contributed by atoms with Crippen LogP contribution in [0.5, 0.6) is 0 Å². The SMILES string of the molecule is COC(=O)c1cc2ccc3c(c2oc1=O)CCC3. The lowest BCUT2D eigenvalue weighted by atomic mass is 10.1. The van der Waals surface area contributed by atoms with Gasteiger partial charge in [-0.25, -0.2) is 9.59 Å². The van der Waals surface area contributed by atoms with Crippen molar-refractivity contribution in [2.24, 2.45) is 0 Å². The zero-order valence-electron chi connectivity index (χ0n) is 9.99. The van der Waals surface area contributed by atoms with E-state index in [1.807, 2.05) is 12.1 Å². The van der Waals surface area contributed by atoms with Crippen LogP contribution in [0.1, 0.15) is 27.9 Å². The van der Waals surface area contributed by atoms with E-state index >= 15 is 0 Å². The molecule has 0 atom stereocenters. The first-order valence-electron chi connectivity index (χ1n) is 5.87. The molecule has 0 saturated carbocycles. The highest BCUT2D eigenvalue weighted by atomic mass is 16.5. The molecule has 1 heterocycles. The molecule has 0 bridgehead atoms. The lowest BCUT2D eigenvalue weighted by Crippen LogP contribution is -2.15. The summed E-state index contributed by atoms with van der Waals surface area (Å²) in [6.07, 6.45) is 3.03. The van der Waals surface area contributed by atoms with Crippen LogP contribution in [0, 0.1) is 0 Å². The minimum atomic E-state index is -0.661. The number of benzene rings is 1. The van der Waals surface area contributed by atoms with Gasteiger partial charge in [0.15, 0.2) is 0 Å². The van der Waals surface area contributed by atoms with Gasteiger partial charge in [0, 0.05) is 5.39 Å². The quantitative estimate of drug-likeness (QED) is 0.569. The molecule has 92 valence electrons. The molecule has 1 aliphatic carbocycles. The van der Waals surface area contributed by atoms with Crippen LogP contribution in [0.4, 0.5) is 0 Å². The van der Waals surface area contributed by atoms with Crippen LogP contribution in [-0.4, -0.2) is 13.1 Å². The van der Waals surface area contributed by atoms with Crippen LogP contribution in [-0.2, 0) is 17.6 Å². The summed E-state index contributed by atoms with van der Waals surface area (Å²) in [5, 5.41) is 0.774. The average Bonchev–Trinajstić information content (AvgIpc) is 2.85. The molecule has 0 fully saturated rings. The van der Waals surface area contributed by atoms with Crippen molar-refractivity contribution in [3.63, 3.8) is 0 Å². The molecule has 0 spiro atoms. The Balaban J connectivity index is 2.30. The zero-order valence-corrected chi connectivity index (χ0v) is 9.99. The summed E-state index contributed by atoms with van der Waals surface area (Å²) in [4.78, 5) is 23.2. The van der Waals surface area contributed by atoms with Gasteiger partial charge < -0.3 is 9.15 Å². The molecular formula is C14H12O4. The number of rotatable bonds is 1. The monoisotopic (exact) mass is 244 g/mol. The number of aryl methyl sites for hydroxylation is 2. The van der Waals surface area contributed by atoms with Gasteiger partial charge in [0.05, 0.1) is 7.11 Å². The van der Waals surface area contributed by atoms with Crippen molar-refractivity contribution in [3.05, 3.63) is 45.3 Å². The topological polar surface area (TPSA) is 56.5 Å². The second kappa shape index (κ2) is 3.98. The second-order valence-corrected chi connectivity index (χ2v) is 4.41. The summed E-state index contributed by atoms with van der Waals surface area (Å²) in [6.45, 7) is 0. The second-order valence-electron chi connectivity index (χ2n) is 4.41. The molecule has 0 radical (unpaired) electrons. The molecule has 0 aliphatic heterocycles. The molecule has 4 nitrogen and oxygen atoms in total. The normalized spacial score (nSPS) is 13.6. The first kappa shape index (κ1) is 11.0. The summed E-state index contributed by atoms with van der Waals surface area (Å²) in [5.74, 6) is -0.661. The molecule has 0 unspecified atom stereocenters. The van der Waals surface area contributed by atoms with E-state index in [1.54, 1.807) is 6.07 Å². The predicted molar refractivity (Wildman–Crippen MR) is 65.8 cm³/mol. The van der Waals surface area contributed by atoms with Crippen molar-refractivity contribution in [2.75, 3.05) is 7.11 Å². The summed E-state index contributed by atoms with van der Waals surface area (Å²) in [5.41, 5.74) is 2.26. The number of fused-ring (bicyclic) bond motifs is 3. The van der Waals surface area contributed by atoms with E-state index in [4.69, 9.17) is 4.42 Å². The number of carbonyl (C=O) groups is 1. The van der Waals surface area contributed by atoms with Crippen LogP contribution < -0.4 is 5.63 Å². The molecule has 18 heavy (non-hydrogen) atoms. The summed E-state index contributed by atoms with van der Waals surface area (Å²) in [7, 11) is 1.24. The number of ether oxygens (including phenoxy) is 1. The van der Waals surface area contributed by atoms with E-state index in [1.165, 1.54) is 12.7 Å². The Hall–Kier alpha value is -2.10. The fourth-order valence-electron chi connectivity index (χ4n) is 2.50. The summed E-state index contributed by atoms with van der Waals surface area (Å²) >= 11 is 0. The van der Waals surface area contributed by atoms with Crippen molar-refractivity contribution in [3.8, 4) is 0 Å². The smallest absolute Gasteiger partial charge is 0.351 e. The van der Waals surface area contributed by atoms with Gasteiger partial charge in [0.1, 0.15) is 11.1 Å². The third-order valence-corrected chi connectivity index (χ3v) is 3.38. The number of hydrogen-bond acceptors (Lipinski definition) is 4. The molecule has 1 aromatic heterocycles. The van der Waals surface area contributed by atoms with Crippen LogP contribution in [0.2, 0.25) is 0 Å². The number of methoxy groups -OCH3 is 1. The lowest BCUT2D eigenvalue weighted by molar-refractivity contribution is 0.0596. The maximum atomic E-state index is 11.8.